The summed E-state index contributed by atoms with van der Waals surface area (Å²) < 4.78 is 5.90. The van der Waals surface area contributed by atoms with E-state index >= 15 is 0 Å². The molecule has 22 heavy (non-hydrogen) atoms. The average Bonchev–Trinajstić information content (AvgIpc) is 2.50. The van der Waals surface area contributed by atoms with Gasteiger partial charge in [0.05, 0.1) is 5.69 Å². The Kier molecular flexibility index (Phi) is 5.33. The summed E-state index contributed by atoms with van der Waals surface area (Å²) in [6, 6.07) is 12.1. The van der Waals surface area contributed by atoms with Crippen LogP contribution in [0, 0.1) is 6.92 Å². The number of aryl methyl sites for hydroxylation is 1. The summed E-state index contributed by atoms with van der Waals surface area (Å²) in [5.41, 5.74) is 2.30. The number of carbonyl (C=O) groups is 2. The Morgan fingerprint density at radius 3 is 2.41 bits per heavy atom. The largest absolute Gasteiger partial charge is 0.427 e. The van der Waals surface area contributed by atoms with Gasteiger partial charge in [-0.3, -0.25) is 9.59 Å². The lowest BCUT2D eigenvalue weighted by Gasteiger charge is -2.09. The average molecular weight is 362 g/mol. The zero-order valence-electron chi connectivity index (χ0n) is 12.4. The quantitative estimate of drug-likeness (QED) is 0.651. The first-order chi connectivity index (χ1) is 10.5. The molecule has 114 valence electrons. The van der Waals surface area contributed by atoms with Gasteiger partial charge in [0.2, 0.25) is 0 Å². The summed E-state index contributed by atoms with van der Waals surface area (Å²) >= 11 is 3.42. The smallest absolute Gasteiger partial charge is 0.310 e. The standard InChI is InChI=1S/C17H16BrNO3/c1-3-16(20)22-13-7-5-12(6-8-13)17(21)19-15-9-4-11(2)10-14(15)18/h4-10H,3H2,1-2H3,(H,19,21). The highest BCUT2D eigenvalue weighted by molar-refractivity contribution is 9.10. The van der Waals surface area contributed by atoms with Crippen LogP contribution in [0.1, 0.15) is 29.3 Å². The number of carbonyl (C=O) groups excluding carboxylic acids is 2. The molecule has 4 nitrogen and oxygen atoms in total. The van der Waals surface area contributed by atoms with Crippen LogP contribution in [-0.2, 0) is 4.79 Å². The molecule has 0 fully saturated rings. The highest BCUT2D eigenvalue weighted by atomic mass is 79.9. The van der Waals surface area contributed by atoms with Gasteiger partial charge in [0.15, 0.2) is 0 Å². The van der Waals surface area contributed by atoms with Gasteiger partial charge in [-0.1, -0.05) is 13.0 Å². The third-order valence-corrected chi connectivity index (χ3v) is 3.67. The van der Waals surface area contributed by atoms with E-state index in [2.05, 4.69) is 21.2 Å². The van der Waals surface area contributed by atoms with E-state index in [1.165, 1.54) is 0 Å². The lowest BCUT2D eigenvalue weighted by atomic mass is 10.2. The third kappa shape index (κ3) is 4.18. The Morgan fingerprint density at radius 2 is 1.82 bits per heavy atom. The fraction of sp³-hybridized carbons (Fsp3) is 0.176. The molecule has 5 heteroatoms. The van der Waals surface area contributed by atoms with Gasteiger partial charge in [-0.15, -0.1) is 0 Å². The molecule has 0 aliphatic carbocycles. The molecule has 0 bridgehead atoms. The van der Waals surface area contributed by atoms with E-state index in [1.807, 2.05) is 25.1 Å². The second-order valence-electron chi connectivity index (χ2n) is 4.79. The fourth-order valence-electron chi connectivity index (χ4n) is 1.79. The molecule has 1 amide bonds. The third-order valence-electron chi connectivity index (χ3n) is 3.01. The van der Waals surface area contributed by atoms with Gasteiger partial charge in [0, 0.05) is 16.5 Å². The van der Waals surface area contributed by atoms with E-state index < -0.39 is 0 Å². The number of hydrogen-bond donors (Lipinski definition) is 1. The van der Waals surface area contributed by atoms with Gasteiger partial charge >= 0.3 is 5.97 Å². The zero-order valence-corrected chi connectivity index (χ0v) is 13.9. The Hall–Kier alpha value is -2.14. The molecule has 0 aliphatic rings. The molecule has 0 saturated heterocycles. The van der Waals surface area contributed by atoms with Gasteiger partial charge in [0.25, 0.3) is 5.91 Å². The van der Waals surface area contributed by atoms with Crippen molar-refractivity contribution in [2.75, 3.05) is 5.32 Å². The SMILES string of the molecule is CCC(=O)Oc1ccc(C(=O)Nc2ccc(C)cc2Br)cc1. The summed E-state index contributed by atoms with van der Waals surface area (Å²) in [6.07, 6.45) is 0.309. The number of esters is 1. The van der Waals surface area contributed by atoms with Crippen LogP contribution in [0.5, 0.6) is 5.75 Å². The molecule has 0 heterocycles. The number of rotatable bonds is 4. The van der Waals surface area contributed by atoms with Crippen molar-refractivity contribution >= 4 is 33.5 Å². The van der Waals surface area contributed by atoms with Gasteiger partial charge in [0.1, 0.15) is 5.75 Å². The number of anilines is 1. The highest BCUT2D eigenvalue weighted by Gasteiger charge is 2.09. The predicted octanol–water partition coefficient (Wildman–Crippen LogP) is 4.33. The van der Waals surface area contributed by atoms with Crippen LogP contribution in [0.4, 0.5) is 5.69 Å². The van der Waals surface area contributed by atoms with Crippen molar-refractivity contribution in [3.05, 3.63) is 58.1 Å². The van der Waals surface area contributed by atoms with Crippen LogP contribution in [-0.4, -0.2) is 11.9 Å². The van der Waals surface area contributed by atoms with Crippen molar-refractivity contribution in [2.45, 2.75) is 20.3 Å². The van der Waals surface area contributed by atoms with Crippen LogP contribution >= 0.6 is 15.9 Å². The maximum Gasteiger partial charge on any atom is 0.310 e. The van der Waals surface area contributed by atoms with Crippen molar-refractivity contribution in [2.24, 2.45) is 0 Å². The lowest BCUT2D eigenvalue weighted by Crippen LogP contribution is -2.12. The Bertz CT molecular complexity index is 696. The van der Waals surface area contributed by atoms with Crippen LogP contribution in [0.25, 0.3) is 0 Å². The number of halogens is 1. The Labute approximate surface area is 137 Å². The Balaban J connectivity index is 2.08. The molecule has 2 aromatic carbocycles. The van der Waals surface area contributed by atoms with Crippen LogP contribution in [0.15, 0.2) is 46.9 Å². The van der Waals surface area contributed by atoms with Gasteiger partial charge in [-0.05, 0) is 64.8 Å². The molecular weight excluding hydrogens is 346 g/mol. The van der Waals surface area contributed by atoms with E-state index in [0.717, 1.165) is 10.0 Å². The second kappa shape index (κ2) is 7.22. The van der Waals surface area contributed by atoms with Gasteiger partial charge < -0.3 is 10.1 Å². The minimum Gasteiger partial charge on any atom is -0.427 e. The molecule has 0 atom stereocenters. The zero-order chi connectivity index (χ0) is 16.1. The van der Waals surface area contributed by atoms with Crippen LogP contribution < -0.4 is 10.1 Å². The minimum atomic E-state index is -0.305. The number of amides is 1. The van der Waals surface area contributed by atoms with E-state index in [9.17, 15) is 9.59 Å². The first-order valence-corrected chi connectivity index (χ1v) is 7.67. The van der Waals surface area contributed by atoms with Crippen molar-refractivity contribution in [1.82, 2.24) is 0 Å². The maximum atomic E-state index is 12.2. The van der Waals surface area contributed by atoms with E-state index in [0.29, 0.717) is 23.4 Å². The number of hydrogen-bond acceptors (Lipinski definition) is 3. The molecule has 0 spiro atoms. The van der Waals surface area contributed by atoms with E-state index in [4.69, 9.17) is 4.74 Å². The topological polar surface area (TPSA) is 55.4 Å². The first-order valence-electron chi connectivity index (χ1n) is 6.88. The van der Waals surface area contributed by atoms with Gasteiger partial charge in [-0.2, -0.15) is 0 Å². The number of nitrogens with one attached hydrogen (secondary N) is 1. The number of ether oxygens (including phenoxy) is 1. The predicted molar refractivity (Wildman–Crippen MR) is 89.2 cm³/mol. The minimum absolute atomic E-state index is 0.224. The van der Waals surface area contributed by atoms with Crippen molar-refractivity contribution in [3.8, 4) is 5.75 Å². The highest BCUT2D eigenvalue weighted by Crippen LogP contribution is 2.24. The van der Waals surface area contributed by atoms with E-state index in [1.54, 1.807) is 31.2 Å². The first kappa shape index (κ1) is 16.2. The molecule has 2 rings (SSSR count). The molecular formula is C17H16BrNO3. The second-order valence-corrected chi connectivity index (χ2v) is 5.64. The monoisotopic (exact) mass is 361 g/mol. The Morgan fingerprint density at radius 1 is 1.14 bits per heavy atom. The van der Waals surface area contributed by atoms with Crippen LogP contribution in [0.2, 0.25) is 0 Å². The van der Waals surface area contributed by atoms with Crippen LogP contribution in [0.3, 0.4) is 0 Å². The molecule has 1 N–H and O–H groups in total. The summed E-state index contributed by atoms with van der Waals surface area (Å²) in [5, 5.41) is 2.83. The molecule has 0 aromatic heterocycles. The molecule has 0 saturated carbocycles. The normalized spacial score (nSPS) is 10.1. The van der Waals surface area contributed by atoms with Crippen molar-refractivity contribution < 1.29 is 14.3 Å². The summed E-state index contributed by atoms with van der Waals surface area (Å²) in [7, 11) is 0. The van der Waals surface area contributed by atoms with E-state index in [-0.39, 0.29) is 11.9 Å². The van der Waals surface area contributed by atoms with Gasteiger partial charge in [-0.25, -0.2) is 0 Å². The lowest BCUT2D eigenvalue weighted by molar-refractivity contribution is -0.134. The van der Waals surface area contributed by atoms with Crippen molar-refractivity contribution in [1.29, 1.82) is 0 Å². The summed E-state index contributed by atoms with van der Waals surface area (Å²) in [4.78, 5) is 23.4. The maximum absolute atomic E-state index is 12.2. The molecule has 0 unspecified atom stereocenters. The summed E-state index contributed by atoms with van der Waals surface area (Å²) in [5.74, 6) is -0.0985. The molecule has 0 radical (unpaired) electrons. The molecule has 2 aromatic rings. The number of benzene rings is 2. The van der Waals surface area contributed by atoms with Crippen molar-refractivity contribution in [3.63, 3.8) is 0 Å². The molecule has 0 aliphatic heterocycles. The fourth-order valence-corrected chi connectivity index (χ4v) is 2.39. The summed E-state index contributed by atoms with van der Waals surface area (Å²) in [6.45, 7) is 3.70.